The van der Waals surface area contributed by atoms with Crippen molar-refractivity contribution in [1.82, 2.24) is 20.5 Å². The fraction of sp³-hybridized carbons (Fsp3) is 0.357. The first kappa shape index (κ1) is 14.2. The molecule has 0 atom stereocenters. The zero-order valence-corrected chi connectivity index (χ0v) is 11.7. The molecule has 106 valence electrons. The Hall–Kier alpha value is -2.21. The maximum Gasteiger partial charge on any atom is 0.295 e. The van der Waals surface area contributed by atoms with Crippen molar-refractivity contribution in [1.29, 1.82) is 0 Å². The van der Waals surface area contributed by atoms with Gasteiger partial charge in [0.1, 0.15) is 5.82 Å². The van der Waals surface area contributed by atoms with Crippen molar-refractivity contribution in [2.45, 2.75) is 26.3 Å². The predicted molar refractivity (Wildman–Crippen MR) is 77.5 cm³/mol. The first-order valence-corrected chi connectivity index (χ1v) is 6.69. The summed E-state index contributed by atoms with van der Waals surface area (Å²) in [6.07, 6.45) is 1.75. The molecule has 0 aliphatic rings. The lowest BCUT2D eigenvalue weighted by molar-refractivity contribution is 0.101. The summed E-state index contributed by atoms with van der Waals surface area (Å²) in [6.45, 7) is 2.81. The molecule has 0 saturated heterocycles. The van der Waals surface area contributed by atoms with E-state index in [0.29, 0.717) is 0 Å². The van der Waals surface area contributed by atoms with Crippen LogP contribution in [0.5, 0.6) is 0 Å². The number of aryl methyl sites for hydroxylation is 1. The van der Waals surface area contributed by atoms with Gasteiger partial charge in [-0.2, -0.15) is 0 Å². The van der Waals surface area contributed by atoms with Crippen LogP contribution < -0.4 is 10.6 Å². The van der Waals surface area contributed by atoms with E-state index in [2.05, 4.69) is 32.7 Å². The predicted octanol–water partition coefficient (Wildman–Crippen LogP) is 1.73. The van der Waals surface area contributed by atoms with Gasteiger partial charge >= 0.3 is 0 Å². The van der Waals surface area contributed by atoms with Crippen LogP contribution in [0.4, 0.5) is 5.69 Å². The molecule has 1 heterocycles. The molecular weight excluding hydrogens is 254 g/mol. The molecule has 6 heteroatoms. The van der Waals surface area contributed by atoms with Gasteiger partial charge in [-0.1, -0.05) is 19.1 Å². The van der Waals surface area contributed by atoms with Crippen LogP contribution in [0.3, 0.4) is 0 Å². The third kappa shape index (κ3) is 3.64. The largest absolute Gasteiger partial charge is 0.319 e. The minimum Gasteiger partial charge on any atom is -0.319 e. The van der Waals surface area contributed by atoms with E-state index in [1.54, 1.807) is 0 Å². The number of nitrogens with zero attached hydrogens (tertiary/aromatic N) is 2. The molecule has 0 unspecified atom stereocenters. The Kier molecular flexibility index (Phi) is 4.84. The lowest BCUT2D eigenvalue weighted by Gasteiger charge is -2.05. The lowest BCUT2D eigenvalue weighted by atomic mass is 10.2. The Balaban J connectivity index is 2.04. The molecule has 3 N–H and O–H groups in total. The van der Waals surface area contributed by atoms with E-state index in [0.717, 1.165) is 36.5 Å². The summed E-state index contributed by atoms with van der Waals surface area (Å²) in [6, 6.07) is 7.67. The highest BCUT2D eigenvalue weighted by molar-refractivity contribution is 6.01. The molecule has 1 aromatic heterocycles. The number of hydrogen-bond donors (Lipinski definition) is 3. The van der Waals surface area contributed by atoms with E-state index in [-0.39, 0.29) is 11.7 Å². The summed E-state index contributed by atoms with van der Waals surface area (Å²) in [5.74, 6) is 0.610. The van der Waals surface area contributed by atoms with Crippen molar-refractivity contribution in [2.75, 3.05) is 12.4 Å². The number of hydrogen-bond acceptors (Lipinski definition) is 4. The highest BCUT2D eigenvalue weighted by Crippen LogP contribution is 2.11. The van der Waals surface area contributed by atoms with E-state index in [4.69, 9.17) is 0 Å². The maximum atomic E-state index is 12.0. The Bertz CT molecular complexity index is 578. The zero-order chi connectivity index (χ0) is 14.4. The number of anilines is 1. The van der Waals surface area contributed by atoms with Crippen LogP contribution in [0.1, 0.15) is 35.4 Å². The van der Waals surface area contributed by atoms with Crippen molar-refractivity contribution in [3.63, 3.8) is 0 Å². The topological polar surface area (TPSA) is 82.7 Å². The molecule has 2 aromatic rings. The third-order valence-electron chi connectivity index (χ3n) is 2.79. The quantitative estimate of drug-likeness (QED) is 0.748. The number of rotatable bonds is 6. The monoisotopic (exact) mass is 273 g/mol. The second-order valence-electron chi connectivity index (χ2n) is 4.54. The van der Waals surface area contributed by atoms with E-state index in [1.807, 2.05) is 31.3 Å². The van der Waals surface area contributed by atoms with Gasteiger partial charge in [-0.25, -0.2) is 4.98 Å². The van der Waals surface area contributed by atoms with Gasteiger partial charge in [0.15, 0.2) is 0 Å². The second-order valence-corrected chi connectivity index (χ2v) is 4.54. The molecule has 0 fully saturated rings. The molecule has 1 amide bonds. The normalized spacial score (nSPS) is 10.5. The smallest absolute Gasteiger partial charge is 0.295 e. The Labute approximate surface area is 118 Å². The van der Waals surface area contributed by atoms with Crippen LogP contribution in [0.2, 0.25) is 0 Å². The lowest BCUT2D eigenvalue weighted by Crippen LogP contribution is -2.14. The molecule has 0 aliphatic carbocycles. The summed E-state index contributed by atoms with van der Waals surface area (Å²) in [4.78, 5) is 16.2. The van der Waals surface area contributed by atoms with E-state index < -0.39 is 0 Å². The van der Waals surface area contributed by atoms with Gasteiger partial charge in [-0.15, -0.1) is 5.10 Å². The number of carbonyl (C=O) groups is 1. The van der Waals surface area contributed by atoms with Gasteiger partial charge in [0.05, 0.1) is 0 Å². The highest BCUT2D eigenvalue weighted by Gasteiger charge is 2.12. The highest BCUT2D eigenvalue weighted by atomic mass is 16.2. The number of carbonyl (C=O) groups excluding carboxylic acids is 1. The number of H-pyrrole nitrogens is 1. The van der Waals surface area contributed by atoms with Crippen LogP contribution >= 0.6 is 0 Å². The van der Waals surface area contributed by atoms with Crippen molar-refractivity contribution in [3.8, 4) is 0 Å². The Morgan fingerprint density at radius 1 is 1.40 bits per heavy atom. The number of aromatic amines is 1. The molecule has 6 nitrogen and oxygen atoms in total. The van der Waals surface area contributed by atoms with Crippen LogP contribution in [-0.4, -0.2) is 28.1 Å². The summed E-state index contributed by atoms with van der Waals surface area (Å²) in [7, 11) is 1.88. The molecule has 0 spiro atoms. The summed E-state index contributed by atoms with van der Waals surface area (Å²) in [5.41, 5.74) is 1.84. The van der Waals surface area contributed by atoms with Gasteiger partial charge in [0.2, 0.25) is 5.82 Å². The van der Waals surface area contributed by atoms with Crippen LogP contribution in [0, 0.1) is 0 Å². The fourth-order valence-corrected chi connectivity index (χ4v) is 1.90. The number of benzene rings is 1. The first-order chi connectivity index (χ1) is 9.72. The first-order valence-electron chi connectivity index (χ1n) is 6.69. The average molecular weight is 273 g/mol. The van der Waals surface area contributed by atoms with Crippen LogP contribution in [-0.2, 0) is 13.0 Å². The van der Waals surface area contributed by atoms with Crippen molar-refractivity contribution in [3.05, 3.63) is 41.5 Å². The summed E-state index contributed by atoms with van der Waals surface area (Å²) in [5, 5.41) is 12.6. The zero-order valence-electron chi connectivity index (χ0n) is 11.7. The molecule has 0 aliphatic heterocycles. The SMILES string of the molecule is CCCc1nc(C(=O)Nc2cccc(CNC)c2)n[nH]1. The third-order valence-corrected chi connectivity index (χ3v) is 2.79. The van der Waals surface area contributed by atoms with E-state index in [9.17, 15) is 4.79 Å². The molecule has 2 rings (SSSR count). The van der Waals surface area contributed by atoms with Crippen LogP contribution in [0.15, 0.2) is 24.3 Å². The van der Waals surface area contributed by atoms with Gasteiger partial charge in [-0.05, 0) is 31.2 Å². The molecule has 20 heavy (non-hydrogen) atoms. The van der Waals surface area contributed by atoms with Gasteiger partial charge in [0, 0.05) is 18.7 Å². The maximum absolute atomic E-state index is 12.0. The fourth-order valence-electron chi connectivity index (χ4n) is 1.90. The Morgan fingerprint density at radius 3 is 3.00 bits per heavy atom. The average Bonchev–Trinajstić information content (AvgIpc) is 2.89. The molecule has 0 radical (unpaired) electrons. The molecule has 1 aromatic carbocycles. The van der Waals surface area contributed by atoms with Gasteiger partial charge in [0.25, 0.3) is 5.91 Å². The molecule has 0 saturated carbocycles. The van der Waals surface area contributed by atoms with Crippen molar-refractivity contribution in [2.24, 2.45) is 0 Å². The van der Waals surface area contributed by atoms with Gasteiger partial charge in [-0.3, -0.25) is 9.89 Å². The van der Waals surface area contributed by atoms with E-state index in [1.165, 1.54) is 0 Å². The standard InChI is InChI=1S/C14H19N5O/c1-3-5-12-17-13(19-18-12)14(20)16-11-7-4-6-10(8-11)9-15-2/h4,6-8,15H,3,5,9H2,1-2H3,(H,16,20)(H,17,18,19). The Morgan fingerprint density at radius 2 is 2.25 bits per heavy atom. The minimum absolute atomic E-state index is 0.174. The summed E-state index contributed by atoms with van der Waals surface area (Å²) >= 11 is 0. The minimum atomic E-state index is -0.301. The number of nitrogens with one attached hydrogen (secondary N) is 3. The number of aromatic nitrogens is 3. The van der Waals surface area contributed by atoms with E-state index >= 15 is 0 Å². The van der Waals surface area contributed by atoms with Crippen LogP contribution in [0.25, 0.3) is 0 Å². The summed E-state index contributed by atoms with van der Waals surface area (Å²) < 4.78 is 0. The second kappa shape index (κ2) is 6.81. The van der Waals surface area contributed by atoms with Crippen molar-refractivity contribution >= 4 is 11.6 Å². The molecule has 0 bridgehead atoms. The van der Waals surface area contributed by atoms with Crippen molar-refractivity contribution < 1.29 is 4.79 Å². The van der Waals surface area contributed by atoms with Gasteiger partial charge < -0.3 is 10.6 Å². The molecular formula is C14H19N5O. The number of amides is 1.